The van der Waals surface area contributed by atoms with Crippen LogP contribution in [0.3, 0.4) is 0 Å². The molecule has 1 aromatic heterocycles. The van der Waals surface area contributed by atoms with Crippen LogP contribution in [0.25, 0.3) is 0 Å². The van der Waals surface area contributed by atoms with E-state index < -0.39 is 0 Å². The molecule has 2 aromatic rings. The quantitative estimate of drug-likeness (QED) is 0.768. The Morgan fingerprint density at radius 3 is 1.95 bits per heavy atom. The Kier molecular flexibility index (Phi) is 5.13. The minimum absolute atomic E-state index is 0.181. The topological polar surface area (TPSA) is 12.0 Å². The highest BCUT2D eigenvalue weighted by atomic mass is 35.5. The number of thiophene rings is 1. The van der Waals surface area contributed by atoms with E-state index in [9.17, 15) is 0 Å². The summed E-state index contributed by atoms with van der Waals surface area (Å²) in [5, 5.41) is 6.56. The Balaban J connectivity index is 2.70. The molecule has 0 radical (unpaired) electrons. The standard InChI is InChI=1S/C18H24ClNS/c1-7-20-17(18-15(19)8-9-21-18)16-13(5)11(3)10(2)12(4)14(16)6/h8-9,17,20H,7H2,1-6H3. The summed E-state index contributed by atoms with van der Waals surface area (Å²) in [6, 6.07) is 2.17. The van der Waals surface area contributed by atoms with Gasteiger partial charge in [0.1, 0.15) is 0 Å². The Bertz CT molecular complexity index is 628. The fourth-order valence-electron chi connectivity index (χ4n) is 3.00. The van der Waals surface area contributed by atoms with E-state index in [0.29, 0.717) is 0 Å². The lowest BCUT2D eigenvalue weighted by Crippen LogP contribution is -2.24. The highest BCUT2D eigenvalue weighted by molar-refractivity contribution is 7.10. The van der Waals surface area contributed by atoms with Crippen LogP contribution in [0, 0.1) is 34.6 Å². The van der Waals surface area contributed by atoms with Crippen molar-refractivity contribution in [1.29, 1.82) is 0 Å². The predicted octanol–water partition coefficient (Wildman–Crippen LogP) is 5.64. The molecule has 114 valence electrons. The molecule has 0 saturated heterocycles. The van der Waals surface area contributed by atoms with Gasteiger partial charge in [-0.25, -0.2) is 0 Å². The van der Waals surface area contributed by atoms with Crippen LogP contribution in [-0.4, -0.2) is 6.54 Å². The van der Waals surface area contributed by atoms with Gasteiger partial charge in [0.15, 0.2) is 0 Å². The summed E-state index contributed by atoms with van der Waals surface area (Å²) in [6.07, 6.45) is 0. The molecule has 1 aromatic carbocycles. The molecule has 21 heavy (non-hydrogen) atoms. The van der Waals surface area contributed by atoms with Crippen LogP contribution in [0.15, 0.2) is 11.4 Å². The number of benzene rings is 1. The normalized spacial score (nSPS) is 12.7. The summed E-state index contributed by atoms with van der Waals surface area (Å²) in [4.78, 5) is 1.22. The van der Waals surface area contributed by atoms with Gasteiger partial charge in [0.25, 0.3) is 0 Å². The number of hydrogen-bond donors (Lipinski definition) is 1. The van der Waals surface area contributed by atoms with E-state index in [2.05, 4.69) is 52.2 Å². The van der Waals surface area contributed by atoms with Gasteiger partial charge in [0.2, 0.25) is 0 Å². The first-order valence-corrected chi connectivity index (χ1v) is 8.69. The van der Waals surface area contributed by atoms with E-state index in [1.807, 2.05) is 6.07 Å². The molecular formula is C18H24ClNS. The van der Waals surface area contributed by atoms with Crippen LogP contribution >= 0.6 is 22.9 Å². The number of nitrogens with one attached hydrogen (secondary N) is 1. The van der Waals surface area contributed by atoms with Gasteiger partial charge in [-0.2, -0.15) is 0 Å². The summed E-state index contributed by atoms with van der Waals surface area (Å²) in [5.41, 5.74) is 8.34. The maximum atomic E-state index is 6.41. The highest BCUT2D eigenvalue weighted by Gasteiger charge is 2.23. The molecule has 0 aliphatic heterocycles. The zero-order valence-electron chi connectivity index (χ0n) is 13.7. The third kappa shape index (κ3) is 2.90. The van der Waals surface area contributed by atoms with E-state index >= 15 is 0 Å². The van der Waals surface area contributed by atoms with E-state index in [4.69, 9.17) is 11.6 Å². The van der Waals surface area contributed by atoms with Crippen molar-refractivity contribution in [2.24, 2.45) is 0 Å². The molecule has 1 N–H and O–H groups in total. The lowest BCUT2D eigenvalue weighted by Gasteiger charge is -2.26. The molecule has 0 saturated carbocycles. The van der Waals surface area contributed by atoms with Crippen molar-refractivity contribution in [2.75, 3.05) is 6.54 Å². The van der Waals surface area contributed by atoms with Crippen molar-refractivity contribution in [1.82, 2.24) is 5.32 Å². The fraction of sp³-hybridized carbons (Fsp3) is 0.444. The van der Waals surface area contributed by atoms with E-state index in [-0.39, 0.29) is 6.04 Å². The van der Waals surface area contributed by atoms with Crippen LogP contribution in [0.5, 0.6) is 0 Å². The first-order chi connectivity index (χ1) is 9.90. The third-order valence-corrected chi connectivity index (χ3v) is 6.09. The van der Waals surface area contributed by atoms with Crippen LogP contribution in [0.4, 0.5) is 0 Å². The third-order valence-electron chi connectivity index (χ3n) is 4.66. The fourth-order valence-corrected chi connectivity index (χ4v) is 4.25. The molecule has 1 nitrogen and oxygen atoms in total. The first kappa shape index (κ1) is 16.5. The Morgan fingerprint density at radius 2 is 1.52 bits per heavy atom. The number of rotatable bonds is 4. The summed E-state index contributed by atoms with van der Waals surface area (Å²) < 4.78 is 0. The summed E-state index contributed by atoms with van der Waals surface area (Å²) >= 11 is 8.14. The van der Waals surface area contributed by atoms with Crippen molar-refractivity contribution in [3.63, 3.8) is 0 Å². The van der Waals surface area contributed by atoms with Crippen LogP contribution in [0.1, 0.15) is 51.2 Å². The Hall–Kier alpha value is -0.830. The smallest absolute Gasteiger partial charge is 0.0691 e. The van der Waals surface area contributed by atoms with E-state index in [1.54, 1.807) is 11.3 Å². The second-order valence-corrected chi connectivity index (χ2v) is 7.02. The Morgan fingerprint density at radius 1 is 1.00 bits per heavy atom. The lowest BCUT2D eigenvalue weighted by molar-refractivity contribution is 0.632. The zero-order valence-corrected chi connectivity index (χ0v) is 15.3. The molecule has 1 unspecified atom stereocenters. The van der Waals surface area contributed by atoms with Gasteiger partial charge < -0.3 is 5.32 Å². The zero-order chi connectivity index (χ0) is 15.7. The van der Waals surface area contributed by atoms with E-state index in [0.717, 1.165) is 11.6 Å². The molecule has 0 fully saturated rings. The van der Waals surface area contributed by atoms with Gasteiger partial charge in [-0.1, -0.05) is 18.5 Å². The van der Waals surface area contributed by atoms with Gasteiger partial charge in [0.05, 0.1) is 11.1 Å². The van der Waals surface area contributed by atoms with Crippen LogP contribution in [-0.2, 0) is 0 Å². The summed E-state index contributed by atoms with van der Waals surface area (Å²) in [6.45, 7) is 14.2. The van der Waals surface area contributed by atoms with Crippen molar-refractivity contribution in [2.45, 2.75) is 47.6 Å². The van der Waals surface area contributed by atoms with Gasteiger partial charge in [-0.05, 0) is 86.0 Å². The molecule has 0 aliphatic carbocycles. The molecule has 0 spiro atoms. The largest absolute Gasteiger partial charge is 0.306 e. The Labute approximate surface area is 137 Å². The van der Waals surface area contributed by atoms with Crippen molar-refractivity contribution in [3.05, 3.63) is 54.7 Å². The van der Waals surface area contributed by atoms with Crippen molar-refractivity contribution < 1.29 is 0 Å². The lowest BCUT2D eigenvalue weighted by atomic mass is 9.86. The maximum Gasteiger partial charge on any atom is 0.0691 e. The molecule has 1 heterocycles. The first-order valence-electron chi connectivity index (χ1n) is 7.43. The number of hydrogen-bond acceptors (Lipinski definition) is 2. The van der Waals surface area contributed by atoms with Gasteiger partial charge in [0, 0.05) is 4.88 Å². The molecule has 0 bridgehead atoms. The highest BCUT2D eigenvalue weighted by Crippen LogP contribution is 2.38. The summed E-state index contributed by atoms with van der Waals surface area (Å²) in [5.74, 6) is 0. The predicted molar refractivity (Wildman–Crippen MR) is 95.0 cm³/mol. The van der Waals surface area contributed by atoms with Crippen molar-refractivity contribution in [3.8, 4) is 0 Å². The van der Waals surface area contributed by atoms with E-state index in [1.165, 1.54) is 38.3 Å². The average molecular weight is 322 g/mol. The van der Waals surface area contributed by atoms with Crippen molar-refractivity contribution >= 4 is 22.9 Å². The monoisotopic (exact) mass is 321 g/mol. The van der Waals surface area contributed by atoms with Crippen LogP contribution in [0.2, 0.25) is 5.02 Å². The molecule has 2 rings (SSSR count). The molecular weight excluding hydrogens is 298 g/mol. The average Bonchev–Trinajstić information content (AvgIpc) is 2.88. The van der Waals surface area contributed by atoms with Gasteiger partial charge in [-0.3, -0.25) is 0 Å². The van der Waals surface area contributed by atoms with Gasteiger partial charge in [-0.15, -0.1) is 11.3 Å². The van der Waals surface area contributed by atoms with Gasteiger partial charge >= 0.3 is 0 Å². The number of halogens is 1. The van der Waals surface area contributed by atoms with Crippen LogP contribution < -0.4 is 5.32 Å². The summed E-state index contributed by atoms with van der Waals surface area (Å²) in [7, 11) is 0. The molecule has 3 heteroatoms. The molecule has 0 amide bonds. The second kappa shape index (κ2) is 6.51. The minimum Gasteiger partial charge on any atom is -0.306 e. The minimum atomic E-state index is 0.181. The molecule has 1 atom stereocenters. The SMILES string of the molecule is CCNC(c1sccc1Cl)c1c(C)c(C)c(C)c(C)c1C. The second-order valence-electron chi connectivity index (χ2n) is 5.66. The molecule has 0 aliphatic rings. The maximum absolute atomic E-state index is 6.41.